The molecule has 4 nitrogen and oxygen atoms in total. The molecule has 1 amide bonds. The predicted molar refractivity (Wildman–Crippen MR) is 95.1 cm³/mol. The molecule has 0 aliphatic carbocycles. The van der Waals surface area contributed by atoms with Crippen LogP contribution in [0.2, 0.25) is 5.02 Å². The largest absolute Gasteiger partial charge is 0.348 e. The molecule has 0 spiro atoms. The standard InChI is InChI=1S/C19H15ClN2O2/c20-15-8-6-13(7-9-15)12-21-18(23)16-10-11-17(22-19(16)24)14-4-2-1-3-5-14/h1-11H,12H2,(H,21,23)(H,22,24). The van der Waals surface area contributed by atoms with Crippen molar-refractivity contribution in [1.82, 2.24) is 10.3 Å². The van der Waals surface area contributed by atoms with Crippen LogP contribution >= 0.6 is 11.6 Å². The van der Waals surface area contributed by atoms with Gasteiger partial charge in [0.25, 0.3) is 11.5 Å². The molecule has 2 aromatic carbocycles. The number of aromatic amines is 1. The number of halogens is 1. The van der Waals surface area contributed by atoms with E-state index in [9.17, 15) is 9.59 Å². The zero-order chi connectivity index (χ0) is 16.9. The predicted octanol–water partition coefficient (Wildman–Crippen LogP) is 3.63. The van der Waals surface area contributed by atoms with Crippen LogP contribution in [0, 0.1) is 0 Å². The number of carbonyl (C=O) groups is 1. The molecule has 0 fully saturated rings. The fourth-order valence-corrected chi connectivity index (χ4v) is 2.44. The molecule has 24 heavy (non-hydrogen) atoms. The fourth-order valence-electron chi connectivity index (χ4n) is 2.32. The highest BCUT2D eigenvalue weighted by atomic mass is 35.5. The molecule has 5 heteroatoms. The van der Waals surface area contributed by atoms with E-state index in [1.165, 1.54) is 0 Å². The maximum Gasteiger partial charge on any atom is 0.261 e. The zero-order valence-electron chi connectivity index (χ0n) is 12.8. The lowest BCUT2D eigenvalue weighted by atomic mass is 10.1. The van der Waals surface area contributed by atoms with Gasteiger partial charge in [-0.3, -0.25) is 9.59 Å². The lowest BCUT2D eigenvalue weighted by Crippen LogP contribution is -2.29. The molecule has 0 atom stereocenters. The van der Waals surface area contributed by atoms with Crippen molar-refractivity contribution in [3.63, 3.8) is 0 Å². The topological polar surface area (TPSA) is 62.0 Å². The van der Waals surface area contributed by atoms with E-state index in [1.807, 2.05) is 42.5 Å². The molecule has 3 aromatic rings. The molecule has 3 rings (SSSR count). The van der Waals surface area contributed by atoms with Crippen LogP contribution in [0.3, 0.4) is 0 Å². The molecular formula is C19H15ClN2O2. The number of carbonyl (C=O) groups excluding carboxylic acids is 1. The Kier molecular flexibility index (Phi) is 4.77. The van der Waals surface area contributed by atoms with Crippen LogP contribution in [0.5, 0.6) is 0 Å². The summed E-state index contributed by atoms with van der Waals surface area (Å²) in [7, 11) is 0. The number of amides is 1. The van der Waals surface area contributed by atoms with Crippen molar-refractivity contribution in [3.05, 3.63) is 93.2 Å². The molecule has 1 aromatic heterocycles. The van der Waals surface area contributed by atoms with Crippen molar-refractivity contribution in [2.75, 3.05) is 0 Å². The summed E-state index contributed by atoms with van der Waals surface area (Å²) in [6.07, 6.45) is 0. The molecule has 0 aliphatic rings. The summed E-state index contributed by atoms with van der Waals surface area (Å²) >= 11 is 5.82. The number of benzene rings is 2. The van der Waals surface area contributed by atoms with E-state index in [1.54, 1.807) is 24.3 Å². The summed E-state index contributed by atoms with van der Waals surface area (Å²) in [4.78, 5) is 27.1. The number of pyridine rings is 1. The van der Waals surface area contributed by atoms with Gasteiger partial charge in [-0.1, -0.05) is 54.1 Å². The Labute approximate surface area is 144 Å². The zero-order valence-corrected chi connectivity index (χ0v) is 13.5. The maximum absolute atomic E-state index is 12.2. The van der Waals surface area contributed by atoms with E-state index in [4.69, 9.17) is 11.6 Å². The van der Waals surface area contributed by atoms with Gasteiger partial charge in [-0.05, 0) is 35.4 Å². The first-order valence-electron chi connectivity index (χ1n) is 7.45. The van der Waals surface area contributed by atoms with Gasteiger partial charge in [0.05, 0.1) is 0 Å². The van der Waals surface area contributed by atoms with Crippen molar-refractivity contribution in [2.24, 2.45) is 0 Å². The van der Waals surface area contributed by atoms with E-state index in [2.05, 4.69) is 10.3 Å². The first-order chi connectivity index (χ1) is 11.6. The van der Waals surface area contributed by atoms with Gasteiger partial charge in [-0.15, -0.1) is 0 Å². The van der Waals surface area contributed by atoms with Gasteiger partial charge in [0.2, 0.25) is 0 Å². The van der Waals surface area contributed by atoms with Crippen molar-refractivity contribution >= 4 is 17.5 Å². The minimum atomic E-state index is -0.412. The Morgan fingerprint density at radius 2 is 1.67 bits per heavy atom. The van der Waals surface area contributed by atoms with Crippen LogP contribution in [-0.4, -0.2) is 10.9 Å². The number of H-pyrrole nitrogens is 1. The lowest BCUT2D eigenvalue weighted by molar-refractivity contribution is 0.0949. The highest BCUT2D eigenvalue weighted by molar-refractivity contribution is 6.30. The molecule has 120 valence electrons. The molecule has 0 aliphatic heterocycles. The smallest absolute Gasteiger partial charge is 0.261 e. The van der Waals surface area contributed by atoms with Gasteiger partial charge in [0.15, 0.2) is 0 Å². The van der Waals surface area contributed by atoms with Crippen molar-refractivity contribution in [3.8, 4) is 11.3 Å². The van der Waals surface area contributed by atoms with Crippen LogP contribution in [-0.2, 0) is 6.54 Å². The van der Waals surface area contributed by atoms with E-state index in [-0.39, 0.29) is 5.56 Å². The van der Waals surface area contributed by atoms with Gasteiger partial charge in [0, 0.05) is 17.3 Å². The monoisotopic (exact) mass is 338 g/mol. The van der Waals surface area contributed by atoms with Crippen molar-refractivity contribution in [2.45, 2.75) is 6.54 Å². The van der Waals surface area contributed by atoms with E-state index < -0.39 is 11.5 Å². The molecule has 0 saturated carbocycles. The summed E-state index contributed by atoms with van der Waals surface area (Å²) in [5.74, 6) is -0.411. The van der Waals surface area contributed by atoms with Gasteiger partial charge in [0.1, 0.15) is 5.56 Å². The number of aromatic nitrogens is 1. The second kappa shape index (κ2) is 7.15. The van der Waals surface area contributed by atoms with Gasteiger partial charge in [-0.2, -0.15) is 0 Å². The Hall–Kier alpha value is -2.85. The molecular weight excluding hydrogens is 324 g/mol. The van der Waals surface area contributed by atoms with Crippen LogP contribution in [0.4, 0.5) is 0 Å². The third kappa shape index (κ3) is 3.73. The summed E-state index contributed by atoms with van der Waals surface area (Å²) < 4.78 is 0. The Bertz CT molecular complexity index is 903. The summed E-state index contributed by atoms with van der Waals surface area (Å²) in [6.45, 7) is 0.329. The van der Waals surface area contributed by atoms with E-state index in [0.717, 1.165) is 11.1 Å². The number of hydrogen-bond acceptors (Lipinski definition) is 2. The molecule has 0 unspecified atom stereocenters. The molecule has 1 heterocycles. The minimum absolute atomic E-state index is 0.0867. The van der Waals surface area contributed by atoms with Crippen LogP contribution in [0.1, 0.15) is 15.9 Å². The van der Waals surface area contributed by atoms with Crippen molar-refractivity contribution < 1.29 is 4.79 Å². The number of nitrogens with one attached hydrogen (secondary N) is 2. The van der Waals surface area contributed by atoms with Gasteiger partial charge >= 0.3 is 0 Å². The molecule has 2 N–H and O–H groups in total. The minimum Gasteiger partial charge on any atom is -0.348 e. The lowest BCUT2D eigenvalue weighted by Gasteiger charge is -2.06. The molecule has 0 saturated heterocycles. The average molecular weight is 339 g/mol. The third-order valence-corrected chi connectivity index (χ3v) is 3.86. The highest BCUT2D eigenvalue weighted by Crippen LogP contribution is 2.14. The first kappa shape index (κ1) is 16.0. The highest BCUT2D eigenvalue weighted by Gasteiger charge is 2.11. The quantitative estimate of drug-likeness (QED) is 0.763. The normalized spacial score (nSPS) is 10.4. The van der Waals surface area contributed by atoms with Gasteiger partial charge in [-0.25, -0.2) is 0 Å². The summed E-state index contributed by atoms with van der Waals surface area (Å²) in [6, 6.07) is 19.9. The van der Waals surface area contributed by atoms with Crippen molar-refractivity contribution in [1.29, 1.82) is 0 Å². The SMILES string of the molecule is O=C(NCc1ccc(Cl)cc1)c1ccc(-c2ccccc2)[nH]c1=O. The molecule has 0 bridgehead atoms. The van der Waals surface area contributed by atoms with E-state index >= 15 is 0 Å². The number of rotatable bonds is 4. The second-order valence-electron chi connectivity index (χ2n) is 5.29. The Morgan fingerprint density at radius 1 is 0.958 bits per heavy atom. The van der Waals surface area contributed by atoms with Crippen LogP contribution < -0.4 is 10.9 Å². The van der Waals surface area contributed by atoms with Crippen LogP contribution in [0.15, 0.2) is 71.5 Å². The number of hydrogen-bond donors (Lipinski definition) is 2. The summed E-state index contributed by atoms with van der Waals surface area (Å²) in [5.41, 5.74) is 2.15. The van der Waals surface area contributed by atoms with E-state index in [0.29, 0.717) is 17.3 Å². The van der Waals surface area contributed by atoms with Gasteiger partial charge < -0.3 is 10.3 Å². The van der Waals surface area contributed by atoms with Crippen LogP contribution in [0.25, 0.3) is 11.3 Å². The third-order valence-electron chi connectivity index (χ3n) is 3.61. The first-order valence-corrected chi connectivity index (χ1v) is 7.83. The molecule has 0 radical (unpaired) electrons. The fraction of sp³-hybridized carbons (Fsp3) is 0.0526. The maximum atomic E-state index is 12.2. The second-order valence-corrected chi connectivity index (χ2v) is 5.73. The Morgan fingerprint density at radius 3 is 2.33 bits per heavy atom. The Balaban J connectivity index is 1.73. The average Bonchev–Trinajstić information content (AvgIpc) is 2.61. The summed E-state index contributed by atoms with van der Waals surface area (Å²) in [5, 5.41) is 3.37.